The van der Waals surface area contributed by atoms with Crippen LogP contribution in [-0.2, 0) is 11.2 Å². The lowest BCUT2D eigenvalue weighted by molar-refractivity contribution is -0.128. The largest absolute Gasteiger partial charge is 0.361 e. The van der Waals surface area contributed by atoms with E-state index in [1.165, 1.54) is 10.9 Å². The van der Waals surface area contributed by atoms with E-state index in [1.807, 2.05) is 26.1 Å². The topological polar surface area (TPSA) is 44.9 Å². The minimum Gasteiger partial charge on any atom is -0.361 e. The Kier molecular flexibility index (Phi) is 4.15. The molecule has 2 N–H and O–H groups in total. The highest BCUT2D eigenvalue weighted by Crippen LogP contribution is 2.17. The Balaban J connectivity index is 1.90. The number of aromatic amines is 1. The molecule has 1 heterocycles. The summed E-state index contributed by atoms with van der Waals surface area (Å²) in [5.41, 5.74) is 1.85. The third-order valence-corrected chi connectivity index (χ3v) is 3.93. The Hall–Kier alpha value is -1.48. The van der Waals surface area contributed by atoms with Crippen molar-refractivity contribution in [3.05, 3.63) is 36.0 Å². The standard InChI is InChI=1S/C15H19ClN2O/c1-15(2,10-16)14(19)18-7-5-11-3-4-13-12(9-11)6-8-17-13/h3-4,6,8-9,17H,5,7,10H2,1-2H3,(H,18,19). The lowest BCUT2D eigenvalue weighted by Crippen LogP contribution is -2.39. The minimum absolute atomic E-state index is 0.00484. The predicted octanol–water partition coefficient (Wildman–Crippen LogP) is 3.09. The Morgan fingerprint density at radius 2 is 2.16 bits per heavy atom. The van der Waals surface area contributed by atoms with Gasteiger partial charge in [-0.05, 0) is 49.4 Å². The number of rotatable bonds is 5. The van der Waals surface area contributed by atoms with Gasteiger partial charge in [-0.3, -0.25) is 4.79 Å². The van der Waals surface area contributed by atoms with Crippen molar-refractivity contribution in [3.63, 3.8) is 0 Å². The monoisotopic (exact) mass is 278 g/mol. The number of alkyl halides is 1. The third kappa shape index (κ3) is 3.29. The van der Waals surface area contributed by atoms with Crippen LogP contribution in [0.1, 0.15) is 19.4 Å². The highest BCUT2D eigenvalue weighted by atomic mass is 35.5. The fraction of sp³-hybridized carbons (Fsp3) is 0.400. The van der Waals surface area contributed by atoms with Crippen LogP contribution in [0.2, 0.25) is 0 Å². The Morgan fingerprint density at radius 3 is 2.89 bits per heavy atom. The van der Waals surface area contributed by atoms with Gasteiger partial charge in [0.05, 0.1) is 5.41 Å². The van der Waals surface area contributed by atoms with Crippen molar-refractivity contribution in [1.29, 1.82) is 0 Å². The molecule has 2 aromatic rings. The first-order valence-corrected chi connectivity index (χ1v) is 6.97. The lowest BCUT2D eigenvalue weighted by atomic mass is 9.95. The molecule has 3 nitrogen and oxygen atoms in total. The minimum atomic E-state index is -0.508. The van der Waals surface area contributed by atoms with Crippen LogP contribution in [0.25, 0.3) is 10.9 Å². The van der Waals surface area contributed by atoms with E-state index in [1.54, 1.807) is 0 Å². The van der Waals surface area contributed by atoms with Crippen LogP contribution in [0.3, 0.4) is 0 Å². The molecular formula is C15H19ClN2O. The van der Waals surface area contributed by atoms with E-state index in [-0.39, 0.29) is 5.91 Å². The number of carbonyl (C=O) groups excluding carboxylic acids is 1. The van der Waals surface area contributed by atoms with Crippen LogP contribution in [0, 0.1) is 5.41 Å². The van der Waals surface area contributed by atoms with E-state index in [2.05, 4.69) is 28.5 Å². The molecule has 0 aliphatic carbocycles. The Bertz CT molecular complexity index is 574. The molecule has 0 atom stereocenters. The number of benzene rings is 1. The number of hydrogen-bond donors (Lipinski definition) is 2. The summed E-state index contributed by atoms with van der Waals surface area (Å²) in [7, 11) is 0. The normalized spacial score (nSPS) is 11.7. The molecule has 1 aromatic heterocycles. The number of amides is 1. The first-order valence-electron chi connectivity index (χ1n) is 6.43. The smallest absolute Gasteiger partial charge is 0.226 e. The van der Waals surface area contributed by atoms with Crippen molar-refractivity contribution in [2.24, 2.45) is 5.41 Å². The van der Waals surface area contributed by atoms with E-state index in [0.29, 0.717) is 12.4 Å². The van der Waals surface area contributed by atoms with Gasteiger partial charge in [-0.2, -0.15) is 0 Å². The van der Waals surface area contributed by atoms with Gasteiger partial charge in [-0.15, -0.1) is 11.6 Å². The second kappa shape index (κ2) is 5.66. The van der Waals surface area contributed by atoms with Gasteiger partial charge in [0.25, 0.3) is 0 Å². The molecule has 1 amide bonds. The third-order valence-electron chi connectivity index (χ3n) is 3.27. The highest BCUT2D eigenvalue weighted by Gasteiger charge is 2.25. The summed E-state index contributed by atoms with van der Waals surface area (Å²) in [6, 6.07) is 8.34. The molecule has 0 saturated carbocycles. The molecule has 1 aromatic carbocycles. The average Bonchev–Trinajstić information content (AvgIpc) is 2.86. The summed E-state index contributed by atoms with van der Waals surface area (Å²) >= 11 is 5.77. The maximum Gasteiger partial charge on any atom is 0.226 e. The zero-order valence-corrected chi connectivity index (χ0v) is 12.1. The van der Waals surface area contributed by atoms with Crippen LogP contribution < -0.4 is 5.32 Å². The second-order valence-electron chi connectivity index (χ2n) is 5.42. The van der Waals surface area contributed by atoms with E-state index in [4.69, 9.17) is 11.6 Å². The summed E-state index contributed by atoms with van der Waals surface area (Å²) < 4.78 is 0. The van der Waals surface area contributed by atoms with E-state index >= 15 is 0 Å². The van der Waals surface area contributed by atoms with E-state index in [9.17, 15) is 4.79 Å². The van der Waals surface area contributed by atoms with Gasteiger partial charge in [0.15, 0.2) is 0 Å². The van der Waals surface area contributed by atoms with Crippen molar-refractivity contribution in [2.75, 3.05) is 12.4 Å². The molecule has 0 aliphatic heterocycles. The van der Waals surface area contributed by atoms with Gasteiger partial charge in [-0.25, -0.2) is 0 Å². The summed E-state index contributed by atoms with van der Waals surface area (Å²) in [4.78, 5) is 15.0. The van der Waals surface area contributed by atoms with E-state index < -0.39 is 5.41 Å². The number of H-pyrrole nitrogens is 1. The first-order chi connectivity index (χ1) is 9.03. The zero-order chi connectivity index (χ0) is 13.9. The Labute approximate surface area is 118 Å². The number of nitrogens with one attached hydrogen (secondary N) is 2. The van der Waals surface area contributed by atoms with Crippen LogP contribution in [0.15, 0.2) is 30.5 Å². The van der Waals surface area contributed by atoms with Gasteiger partial charge >= 0.3 is 0 Å². The van der Waals surface area contributed by atoms with Gasteiger partial charge in [0.1, 0.15) is 0 Å². The molecule has 0 unspecified atom stereocenters. The van der Waals surface area contributed by atoms with Gasteiger partial charge in [0.2, 0.25) is 5.91 Å². The molecule has 0 fully saturated rings. The van der Waals surface area contributed by atoms with Crippen LogP contribution >= 0.6 is 11.6 Å². The predicted molar refractivity (Wildman–Crippen MR) is 79.5 cm³/mol. The molecule has 0 saturated heterocycles. The Morgan fingerprint density at radius 1 is 1.37 bits per heavy atom. The van der Waals surface area contributed by atoms with Crippen molar-refractivity contribution in [3.8, 4) is 0 Å². The molecule has 4 heteroatoms. The molecule has 0 aliphatic rings. The van der Waals surface area contributed by atoms with Gasteiger partial charge in [-0.1, -0.05) is 6.07 Å². The molecule has 0 spiro atoms. The molecule has 19 heavy (non-hydrogen) atoms. The SMILES string of the molecule is CC(C)(CCl)C(=O)NCCc1ccc2[nH]ccc2c1. The number of carbonyl (C=O) groups is 1. The summed E-state index contributed by atoms with van der Waals surface area (Å²) in [6.45, 7) is 4.33. The van der Waals surface area contributed by atoms with Gasteiger partial charge < -0.3 is 10.3 Å². The van der Waals surface area contributed by atoms with Crippen molar-refractivity contribution in [1.82, 2.24) is 10.3 Å². The quantitative estimate of drug-likeness (QED) is 0.811. The first kappa shape index (κ1) is 13.9. The van der Waals surface area contributed by atoms with Crippen LogP contribution in [0.4, 0.5) is 0 Å². The fourth-order valence-electron chi connectivity index (χ4n) is 1.88. The molecule has 102 valence electrons. The van der Waals surface area contributed by atoms with Crippen molar-refractivity contribution in [2.45, 2.75) is 20.3 Å². The number of aromatic nitrogens is 1. The molecular weight excluding hydrogens is 260 g/mol. The maximum atomic E-state index is 11.9. The van der Waals surface area contributed by atoms with Crippen LogP contribution in [0.5, 0.6) is 0 Å². The lowest BCUT2D eigenvalue weighted by Gasteiger charge is -2.20. The molecule has 2 rings (SSSR count). The zero-order valence-electron chi connectivity index (χ0n) is 11.3. The van der Waals surface area contributed by atoms with Gasteiger partial charge in [0, 0.05) is 24.1 Å². The average molecular weight is 279 g/mol. The van der Waals surface area contributed by atoms with E-state index in [0.717, 1.165) is 11.9 Å². The van der Waals surface area contributed by atoms with Crippen molar-refractivity contribution < 1.29 is 4.79 Å². The highest BCUT2D eigenvalue weighted by molar-refractivity contribution is 6.19. The number of fused-ring (bicyclic) bond motifs is 1. The number of halogens is 1. The summed E-state index contributed by atoms with van der Waals surface area (Å²) in [5.74, 6) is 0.332. The fourth-order valence-corrected chi connectivity index (χ4v) is 2.00. The van der Waals surface area contributed by atoms with Crippen LogP contribution in [-0.4, -0.2) is 23.3 Å². The summed E-state index contributed by atoms with van der Waals surface area (Å²) in [5, 5.41) is 4.13. The second-order valence-corrected chi connectivity index (χ2v) is 5.69. The van der Waals surface area contributed by atoms with Crippen molar-refractivity contribution >= 4 is 28.4 Å². The molecule has 0 radical (unpaired) electrons. The molecule has 0 bridgehead atoms. The maximum absolute atomic E-state index is 11.9. The number of hydrogen-bond acceptors (Lipinski definition) is 1. The summed E-state index contributed by atoms with van der Waals surface area (Å²) in [6.07, 6.45) is 2.75.